The largest absolute Gasteiger partial charge is 0.462 e. The van der Waals surface area contributed by atoms with Crippen LogP contribution in [0.5, 0.6) is 0 Å². The van der Waals surface area contributed by atoms with Gasteiger partial charge in [0.25, 0.3) is 0 Å². The lowest BCUT2D eigenvalue weighted by atomic mass is 10.1. The van der Waals surface area contributed by atoms with Gasteiger partial charge in [0, 0.05) is 35.9 Å². The van der Waals surface area contributed by atoms with E-state index in [1.165, 1.54) is 0 Å². The summed E-state index contributed by atoms with van der Waals surface area (Å²) >= 11 is 0. The van der Waals surface area contributed by atoms with E-state index in [4.69, 9.17) is 4.74 Å². The third-order valence-electron chi connectivity index (χ3n) is 3.25. The third kappa shape index (κ3) is 3.40. The van der Waals surface area contributed by atoms with Gasteiger partial charge in [0.2, 0.25) is 0 Å². The summed E-state index contributed by atoms with van der Waals surface area (Å²) in [4.78, 5) is 25.0. The fourth-order valence-corrected chi connectivity index (χ4v) is 2.19. The van der Waals surface area contributed by atoms with Crippen molar-refractivity contribution < 1.29 is 9.53 Å². The Kier molecular flexibility index (Phi) is 4.38. The third-order valence-corrected chi connectivity index (χ3v) is 3.25. The number of carbonyl (C=O) groups excluding carboxylic acids is 1. The molecule has 0 aliphatic carbocycles. The van der Waals surface area contributed by atoms with E-state index in [2.05, 4.69) is 15.0 Å². The van der Waals surface area contributed by atoms with Crippen LogP contribution in [0.3, 0.4) is 0 Å². The maximum Gasteiger partial charge on any atom is 0.338 e. The van der Waals surface area contributed by atoms with Gasteiger partial charge in [0.05, 0.1) is 23.6 Å². The lowest BCUT2D eigenvalue weighted by Gasteiger charge is -2.09. The molecule has 3 aromatic heterocycles. The Morgan fingerprint density at radius 2 is 1.57 bits per heavy atom. The van der Waals surface area contributed by atoms with Crippen molar-refractivity contribution in [3.8, 4) is 22.5 Å². The zero-order valence-electron chi connectivity index (χ0n) is 12.6. The van der Waals surface area contributed by atoms with Gasteiger partial charge in [-0.3, -0.25) is 9.97 Å². The van der Waals surface area contributed by atoms with Crippen LogP contribution in [0.25, 0.3) is 22.5 Å². The van der Waals surface area contributed by atoms with Gasteiger partial charge in [-0.25, -0.2) is 9.78 Å². The molecule has 0 saturated heterocycles. The van der Waals surface area contributed by atoms with Gasteiger partial charge in [0.15, 0.2) is 0 Å². The van der Waals surface area contributed by atoms with Crippen LogP contribution < -0.4 is 0 Å². The van der Waals surface area contributed by atoms with E-state index in [0.717, 1.165) is 11.1 Å². The predicted octanol–water partition coefficient (Wildman–Crippen LogP) is 3.38. The van der Waals surface area contributed by atoms with Crippen LogP contribution in [-0.2, 0) is 4.74 Å². The van der Waals surface area contributed by atoms with Crippen molar-refractivity contribution in [2.24, 2.45) is 0 Å². The minimum absolute atomic E-state index is 0.325. The summed E-state index contributed by atoms with van der Waals surface area (Å²) in [6, 6.07) is 10.9. The Bertz CT molecular complexity index is 747. The number of rotatable bonds is 4. The smallest absolute Gasteiger partial charge is 0.338 e. The molecule has 0 fully saturated rings. The molecule has 0 aliphatic heterocycles. The van der Waals surface area contributed by atoms with E-state index in [-0.39, 0.29) is 5.97 Å². The molecule has 0 spiro atoms. The molecule has 5 heteroatoms. The van der Waals surface area contributed by atoms with Gasteiger partial charge in [-0.05, 0) is 43.3 Å². The molecule has 3 rings (SSSR count). The van der Waals surface area contributed by atoms with Gasteiger partial charge in [-0.15, -0.1) is 0 Å². The molecule has 0 N–H and O–H groups in total. The van der Waals surface area contributed by atoms with Gasteiger partial charge in [-0.2, -0.15) is 0 Å². The number of pyridine rings is 3. The number of nitrogens with zero attached hydrogens (tertiary/aromatic N) is 3. The maximum atomic E-state index is 12.1. The van der Waals surface area contributed by atoms with E-state index in [1.54, 1.807) is 43.8 Å². The first-order valence-corrected chi connectivity index (χ1v) is 7.28. The normalized spacial score (nSPS) is 10.3. The maximum absolute atomic E-state index is 12.1. The van der Waals surface area contributed by atoms with Gasteiger partial charge < -0.3 is 4.74 Å². The Morgan fingerprint density at radius 3 is 2.00 bits per heavy atom. The molecular formula is C18H15N3O2. The highest BCUT2D eigenvalue weighted by molar-refractivity contribution is 5.92. The number of hydrogen-bond acceptors (Lipinski definition) is 5. The summed E-state index contributed by atoms with van der Waals surface area (Å²) in [7, 11) is 0. The van der Waals surface area contributed by atoms with E-state index in [0.29, 0.717) is 23.6 Å². The Morgan fingerprint density at radius 1 is 1.00 bits per heavy atom. The number of aromatic nitrogens is 3. The van der Waals surface area contributed by atoms with Crippen LogP contribution in [0, 0.1) is 0 Å². The SMILES string of the molecule is CCOC(=O)c1cc(-c2cccnc2)nc(-c2cccnc2)c1. The van der Waals surface area contributed by atoms with Crippen LogP contribution >= 0.6 is 0 Å². The lowest BCUT2D eigenvalue weighted by Crippen LogP contribution is -2.06. The summed E-state index contributed by atoms with van der Waals surface area (Å²) < 4.78 is 5.11. The first-order chi connectivity index (χ1) is 11.3. The topological polar surface area (TPSA) is 65.0 Å². The highest BCUT2D eigenvalue weighted by Crippen LogP contribution is 2.24. The van der Waals surface area contributed by atoms with E-state index < -0.39 is 0 Å². The summed E-state index contributed by atoms with van der Waals surface area (Å²) in [5, 5.41) is 0. The summed E-state index contributed by atoms with van der Waals surface area (Å²) in [6.45, 7) is 2.11. The second kappa shape index (κ2) is 6.79. The molecule has 0 atom stereocenters. The number of carbonyl (C=O) groups is 1. The zero-order chi connectivity index (χ0) is 16.1. The standard InChI is InChI=1S/C18H15N3O2/c1-2-23-18(22)15-9-16(13-5-3-7-19-11-13)21-17(10-15)14-6-4-8-20-12-14/h3-12H,2H2,1H3. The molecule has 3 aromatic rings. The molecule has 3 heterocycles. The average Bonchev–Trinajstić information content (AvgIpc) is 2.63. The van der Waals surface area contributed by atoms with Gasteiger partial charge in [-0.1, -0.05) is 0 Å². The molecule has 0 bridgehead atoms. The summed E-state index contributed by atoms with van der Waals surface area (Å²) in [6.07, 6.45) is 6.82. The van der Waals surface area contributed by atoms with E-state index in [9.17, 15) is 4.79 Å². The van der Waals surface area contributed by atoms with Crippen molar-refractivity contribution in [3.63, 3.8) is 0 Å². The van der Waals surface area contributed by atoms with Crippen LogP contribution in [0.15, 0.2) is 61.2 Å². The summed E-state index contributed by atoms with van der Waals surface area (Å²) in [5.41, 5.74) is 3.47. The first kappa shape index (κ1) is 14.8. The van der Waals surface area contributed by atoms with Crippen molar-refractivity contribution in [3.05, 3.63) is 66.7 Å². The molecule has 0 radical (unpaired) electrons. The summed E-state index contributed by atoms with van der Waals surface area (Å²) in [5.74, 6) is -0.370. The molecule has 0 unspecified atom stereocenters. The molecule has 23 heavy (non-hydrogen) atoms. The van der Waals surface area contributed by atoms with Crippen LogP contribution in [0.2, 0.25) is 0 Å². The molecular weight excluding hydrogens is 290 g/mol. The van der Waals surface area contributed by atoms with E-state index >= 15 is 0 Å². The van der Waals surface area contributed by atoms with Crippen molar-refractivity contribution >= 4 is 5.97 Å². The van der Waals surface area contributed by atoms with Gasteiger partial charge in [0.1, 0.15) is 0 Å². The van der Waals surface area contributed by atoms with E-state index in [1.807, 2.05) is 24.3 Å². The minimum atomic E-state index is -0.370. The van der Waals surface area contributed by atoms with Crippen molar-refractivity contribution in [1.82, 2.24) is 15.0 Å². The fraction of sp³-hybridized carbons (Fsp3) is 0.111. The monoisotopic (exact) mass is 305 g/mol. The van der Waals surface area contributed by atoms with Crippen molar-refractivity contribution in [2.75, 3.05) is 6.61 Å². The molecule has 0 aromatic carbocycles. The molecule has 5 nitrogen and oxygen atoms in total. The minimum Gasteiger partial charge on any atom is -0.462 e. The molecule has 114 valence electrons. The Hall–Kier alpha value is -3.08. The Balaban J connectivity index is 2.13. The molecule has 0 saturated carbocycles. The van der Waals surface area contributed by atoms with Crippen LogP contribution in [0.1, 0.15) is 17.3 Å². The number of hydrogen-bond donors (Lipinski definition) is 0. The average molecular weight is 305 g/mol. The highest BCUT2D eigenvalue weighted by atomic mass is 16.5. The number of ether oxygens (including phenoxy) is 1. The number of esters is 1. The fourth-order valence-electron chi connectivity index (χ4n) is 2.19. The quantitative estimate of drug-likeness (QED) is 0.691. The van der Waals surface area contributed by atoms with Gasteiger partial charge >= 0.3 is 5.97 Å². The zero-order valence-corrected chi connectivity index (χ0v) is 12.6. The lowest BCUT2D eigenvalue weighted by molar-refractivity contribution is 0.0526. The first-order valence-electron chi connectivity index (χ1n) is 7.28. The predicted molar refractivity (Wildman–Crippen MR) is 86.7 cm³/mol. The van der Waals surface area contributed by atoms with Crippen molar-refractivity contribution in [1.29, 1.82) is 0 Å². The Labute approximate surface area is 134 Å². The second-order valence-electron chi connectivity index (χ2n) is 4.83. The van der Waals surface area contributed by atoms with Crippen molar-refractivity contribution in [2.45, 2.75) is 6.92 Å². The second-order valence-corrected chi connectivity index (χ2v) is 4.83. The van der Waals surface area contributed by atoms with Crippen LogP contribution in [-0.4, -0.2) is 27.5 Å². The van der Waals surface area contributed by atoms with Crippen LogP contribution in [0.4, 0.5) is 0 Å². The highest BCUT2D eigenvalue weighted by Gasteiger charge is 2.13. The molecule has 0 amide bonds. The molecule has 0 aliphatic rings.